The average Bonchev–Trinajstić information content (AvgIpc) is 2.17. The zero-order valence-electron chi connectivity index (χ0n) is 9.09. The summed E-state index contributed by atoms with van der Waals surface area (Å²) in [5.74, 6) is 0.518. The molecule has 0 saturated carbocycles. The molecule has 2 heteroatoms. The van der Waals surface area contributed by atoms with Crippen LogP contribution in [0.1, 0.15) is 29.7 Å². The highest BCUT2D eigenvalue weighted by atomic mass is 14.9. The fourth-order valence-corrected chi connectivity index (χ4v) is 2.05. The van der Waals surface area contributed by atoms with E-state index in [2.05, 4.69) is 38.2 Å². The number of aryl methyl sites for hydroxylation is 1. The minimum absolute atomic E-state index is 0.186. The highest BCUT2D eigenvalue weighted by Crippen LogP contribution is 2.34. The van der Waals surface area contributed by atoms with Gasteiger partial charge in [-0.2, -0.15) is 0 Å². The maximum Gasteiger partial charge on any atom is 0.0421 e. The molecule has 0 aliphatic carbocycles. The van der Waals surface area contributed by atoms with E-state index in [1.54, 1.807) is 0 Å². The summed E-state index contributed by atoms with van der Waals surface area (Å²) in [5, 5.41) is 3.47. The van der Waals surface area contributed by atoms with E-state index < -0.39 is 0 Å². The van der Waals surface area contributed by atoms with Crippen LogP contribution >= 0.6 is 0 Å². The van der Waals surface area contributed by atoms with E-state index in [9.17, 15) is 0 Å². The third-order valence-corrected chi connectivity index (χ3v) is 3.34. The Hall–Kier alpha value is -1.02. The highest BCUT2D eigenvalue weighted by molar-refractivity contribution is 5.62. The van der Waals surface area contributed by atoms with Crippen LogP contribution in [0.4, 0.5) is 5.69 Å². The maximum absolute atomic E-state index is 6.17. The van der Waals surface area contributed by atoms with Crippen molar-refractivity contribution in [3.8, 4) is 0 Å². The van der Waals surface area contributed by atoms with Crippen LogP contribution in [0, 0.1) is 19.8 Å². The fraction of sp³-hybridized carbons (Fsp3) is 0.500. The smallest absolute Gasteiger partial charge is 0.0421 e. The number of nitrogens with one attached hydrogen (secondary N) is 1. The quantitative estimate of drug-likeness (QED) is 0.659. The van der Waals surface area contributed by atoms with Gasteiger partial charge < -0.3 is 11.1 Å². The lowest BCUT2D eigenvalue weighted by molar-refractivity contribution is 0.478. The number of benzene rings is 1. The second-order valence-corrected chi connectivity index (χ2v) is 4.36. The number of anilines is 1. The molecule has 0 spiro atoms. The van der Waals surface area contributed by atoms with Crippen molar-refractivity contribution in [3.63, 3.8) is 0 Å². The van der Waals surface area contributed by atoms with Gasteiger partial charge in [-0.25, -0.2) is 0 Å². The molecule has 0 saturated heterocycles. The first-order valence-electron chi connectivity index (χ1n) is 5.21. The van der Waals surface area contributed by atoms with E-state index in [1.807, 2.05) is 0 Å². The van der Waals surface area contributed by atoms with Gasteiger partial charge in [-0.15, -0.1) is 0 Å². The molecule has 1 aliphatic rings. The number of rotatable bonds is 0. The fourth-order valence-electron chi connectivity index (χ4n) is 2.05. The van der Waals surface area contributed by atoms with Gasteiger partial charge in [-0.1, -0.05) is 19.1 Å². The summed E-state index contributed by atoms with van der Waals surface area (Å²) in [7, 11) is 0. The molecule has 1 aromatic rings. The van der Waals surface area contributed by atoms with Crippen LogP contribution in [0.5, 0.6) is 0 Å². The van der Waals surface area contributed by atoms with Crippen molar-refractivity contribution < 1.29 is 0 Å². The lowest BCUT2D eigenvalue weighted by Crippen LogP contribution is -2.31. The van der Waals surface area contributed by atoms with Crippen LogP contribution in [-0.2, 0) is 0 Å². The van der Waals surface area contributed by atoms with Crippen molar-refractivity contribution in [2.24, 2.45) is 11.7 Å². The van der Waals surface area contributed by atoms with Gasteiger partial charge in [0.1, 0.15) is 0 Å². The molecule has 1 aliphatic heterocycles. The van der Waals surface area contributed by atoms with Gasteiger partial charge >= 0.3 is 0 Å². The molecule has 0 radical (unpaired) electrons. The molecule has 2 rings (SSSR count). The Balaban J connectivity index is 2.53. The van der Waals surface area contributed by atoms with Crippen LogP contribution < -0.4 is 11.1 Å². The summed E-state index contributed by atoms with van der Waals surface area (Å²) in [6.45, 7) is 7.47. The molecule has 3 N–H and O–H groups in total. The van der Waals surface area contributed by atoms with E-state index in [0.717, 1.165) is 6.54 Å². The lowest BCUT2D eigenvalue weighted by atomic mass is 9.87. The van der Waals surface area contributed by atoms with Crippen LogP contribution in [0.25, 0.3) is 0 Å². The van der Waals surface area contributed by atoms with E-state index in [4.69, 9.17) is 5.73 Å². The highest BCUT2D eigenvalue weighted by Gasteiger charge is 2.24. The SMILES string of the molecule is Cc1ccc2c(c1C)NCC(C)C2N. The zero-order valence-corrected chi connectivity index (χ0v) is 9.09. The maximum atomic E-state index is 6.17. The van der Waals surface area contributed by atoms with Crippen molar-refractivity contribution >= 4 is 5.69 Å². The molecule has 0 aromatic heterocycles. The second kappa shape index (κ2) is 3.28. The molecular formula is C12H18N2. The first-order valence-corrected chi connectivity index (χ1v) is 5.21. The molecule has 1 heterocycles. The first kappa shape index (κ1) is 9.53. The van der Waals surface area contributed by atoms with Gasteiger partial charge in [-0.05, 0) is 36.5 Å². The predicted molar refractivity (Wildman–Crippen MR) is 60.5 cm³/mol. The first-order chi connectivity index (χ1) is 6.61. The van der Waals surface area contributed by atoms with Crippen molar-refractivity contribution in [1.82, 2.24) is 0 Å². The molecule has 0 fully saturated rings. The van der Waals surface area contributed by atoms with E-state index in [1.165, 1.54) is 22.4 Å². The molecule has 76 valence electrons. The molecule has 14 heavy (non-hydrogen) atoms. The Morgan fingerprint density at radius 3 is 2.79 bits per heavy atom. The normalized spacial score (nSPS) is 25.4. The number of hydrogen-bond donors (Lipinski definition) is 2. The Kier molecular flexibility index (Phi) is 2.23. The monoisotopic (exact) mass is 190 g/mol. The molecule has 0 amide bonds. The minimum atomic E-state index is 0.186. The topological polar surface area (TPSA) is 38.0 Å². The lowest BCUT2D eigenvalue weighted by Gasteiger charge is -2.31. The van der Waals surface area contributed by atoms with Crippen molar-refractivity contribution in [2.45, 2.75) is 26.8 Å². The van der Waals surface area contributed by atoms with Gasteiger partial charge in [0.15, 0.2) is 0 Å². The van der Waals surface area contributed by atoms with Gasteiger partial charge in [-0.3, -0.25) is 0 Å². The van der Waals surface area contributed by atoms with Crippen LogP contribution in [0.15, 0.2) is 12.1 Å². The Morgan fingerprint density at radius 1 is 1.36 bits per heavy atom. The van der Waals surface area contributed by atoms with Gasteiger partial charge in [0.2, 0.25) is 0 Å². The molecule has 0 bridgehead atoms. The molecule has 2 unspecified atom stereocenters. The Morgan fingerprint density at radius 2 is 2.07 bits per heavy atom. The summed E-state index contributed by atoms with van der Waals surface area (Å²) in [4.78, 5) is 0. The van der Waals surface area contributed by atoms with Crippen molar-refractivity contribution in [2.75, 3.05) is 11.9 Å². The van der Waals surface area contributed by atoms with Crippen LogP contribution in [0.2, 0.25) is 0 Å². The van der Waals surface area contributed by atoms with E-state index in [0.29, 0.717) is 5.92 Å². The van der Waals surface area contributed by atoms with Gasteiger partial charge in [0.25, 0.3) is 0 Å². The molecule has 1 aromatic carbocycles. The summed E-state index contributed by atoms with van der Waals surface area (Å²) >= 11 is 0. The second-order valence-electron chi connectivity index (χ2n) is 4.36. The summed E-state index contributed by atoms with van der Waals surface area (Å²) in [6, 6.07) is 4.50. The molecule has 2 atom stereocenters. The number of hydrogen-bond acceptors (Lipinski definition) is 2. The number of nitrogens with two attached hydrogens (primary N) is 1. The van der Waals surface area contributed by atoms with Crippen molar-refractivity contribution in [3.05, 3.63) is 28.8 Å². The third-order valence-electron chi connectivity index (χ3n) is 3.34. The van der Waals surface area contributed by atoms with Gasteiger partial charge in [0.05, 0.1) is 0 Å². The van der Waals surface area contributed by atoms with Gasteiger partial charge in [0, 0.05) is 18.3 Å². The Bertz CT molecular complexity index is 358. The van der Waals surface area contributed by atoms with Crippen LogP contribution in [-0.4, -0.2) is 6.54 Å². The third kappa shape index (κ3) is 1.30. The summed E-state index contributed by atoms with van der Waals surface area (Å²) < 4.78 is 0. The standard InChI is InChI=1S/C12H18N2/c1-7-4-5-10-11(13)8(2)6-14-12(10)9(7)3/h4-5,8,11,14H,6,13H2,1-3H3. The summed E-state index contributed by atoms with van der Waals surface area (Å²) in [6.07, 6.45) is 0. The van der Waals surface area contributed by atoms with E-state index >= 15 is 0 Å². The number of fused-ring (bicyclic) bond motifs is 1. The largest absolute Gasteiger partial charge is 0.384 e. The zero-order chi connectivity index (χ0) is 10.3. The average molecular weight is 190 g/mol. The van der Waals surface area contributed by atoms with E-state index in [-0.39, 0.29) is 6.04 Å². The van der Waals surface area contributed by atoms with Crippen molar-refractivity contribution in [1.29, 1.82) is 0 Å². The summed E-state index contributed by atoms with van der Waals surface area (Å²) in [5.41, 5.74) is 11.4. The Labute approximate surface area is 85.5 Å². The molecule has 2 nitrogen and oxygen atoms in total. The molecular weight excluding hydrogens is 172 g/mol. The minimum Gasteiger partial charge on any atom is -0.384 e. The predicted octanol–water partition coefficient (Wildman–Crippen LogP) is 2.36. The van der Waals surface area contributed by atoms with Crippen LogP contribution in [0.3, 0.4) is 0 Å².